The number of fused-ring (bicyclic) bond motifs is 1. The van der Waals surface area contributed by atoms with Crippen LogP contribution < -0.4 is 14.8 Å². The first-order chi connectivity index (χ1) is 14.1. The number of carbonyl (C=O) groups is 1. The van der Waals surface area contributed by atoms with Gasteiger partial charge < -0.3 is 19.2 Å². The molecule has 1 aliphatic heterocycles. The van der Waals surface area contributed by atoms with Crippen LogP contribution in [0.1, 0.15) is 17.6 Å². The Morgan fingerprint density at radius 3 is 2.83 bits per heavy atom. The fourth-order valence-corrected chi connectivity index (χ4v) is 3.66. The van der Waals surface area contributed by atoms with Crippen molar-refractivity contribution in [1.29, 1.82) is 0 Å². The lowest BCUT2D eigenvalue weighted by atomic mass is 10.2. The Bertz CT molecular complexity index is 1030. The summed E-state index contributed by atoms with van der Waals surface area (Å²) in [7, 11) is 0. The van der Waals surface area contributed by atoms with Gasteiger partial charge in [0.2, 0.25) is 12.0 Å². The van der Waals surface area contributed by atoms with Crippen LogP contribution in [0.4, 0.5) is 0 Å². The van der Waals surface area contributed by atoms with Gasteiger partial charge in [-0.15, -0.1) is 10.2 Å². The fourth-order valence-electron chi connectivity index (χ4n) is 2.59. The van der Waals surface area contributed by atoms with E-state index < -0.39 is 6.10 Å². The van der Waals surface area contributed by atoms with Gasteiger partial charge in [-0.3, -0.25) is 4.79 Å². The number of hydrogen-bond acceptors (Lipinski definition) is 7. The Morgan fingerprint density at radius 2 is 2.00 bits per heavy atom. The molecule has 1 N–H and O–H groups in total. The monoisotopic (exact) mass is 451 g/mol. The fraction of sp³-hybridized carbons (Fsp3) is 0.211. The zero-order valence-electron chi connectivity index (χ0n) is 14.9. The maximum absolute atomic E-state index is 12.1. The largest absolute Gasteiger partial charge is 0.485 e. The first kappa shape index (κ1) is 19.9. The van der Waals surface area contributed by atoms with Crippen molar-refractivity contribution in [2.24, 2.45) is 0 Å². The van der Waals surface area contributed by atoms with Crippen LogP contribution in [0.25, 0.3) is 0 Å². The van der Waals surface area contributed by atoms with Crippen molar-refractivity contribution in [1.82, 2.24) is 15.5 Å². The Kier molecular flexibility index (Phi) is 6.13. The molecule has 1 atom stereocenters. The molecule has 4 rings (SSSR count). The van der Waals surface area contributed by atoms with Gasteiger partial charge in [-0.1, -0.05) is 53.2 Å². The Hall–Kier alpha value is -2.42. The van der Waals surface area contributed by atoms with E-state index in [0.29, 0.717) is 34.0 Å². The molecule has 0 spiro atoms. The molecule has 0 saturated heterocycles. The molecule has 0 bridgehead atoms. The van der Waals surface area contributed by atoms with E-state index in [4.69, 9.17) is 37.1 Å². The van der Waals surface area contributed by atoms with Gasteiger partial charge in [-0.05, 0) is 29.8 Å². The standard InChI is InChI=1S/C19H15Cl2N3O4S/c20-12-6-5-11(13(21)7-12)8-22-17(25)10-29-19-24-23-18(28-19)16-9-26-14-3-1-2-4-15(14)27-16/h1-7,16H,8-10H2,(H,22,25)/t16-/m1/s1. The maximum Gasteiger partial charge on any atom is 0.277 e. The highest BCUT2D eigenvalue weighted by Crippen LogP contribution is 2.35. The molecule has 10 heteroatoms. The van der Waals surface area contributed by atoms with Gasteiger partial charge in [0.25, 0.3) is 11.1 Å². The minimum Gasteiger partial charge on any atom is -0.485 e. The lowest BCUT2D eigenvalue weighted by Gasteiger charge is -2.23. The van der Waals surface area contributed by atoms with Crippen LogP contribution in [0.3, 0.4) is 0 Å². The van der Waals surface area contributed by atoms with Crippen LogP contribution >= 0.6 is 35.0 Å². The highest BCUT2D eigenvalue weighted by Gasteiger charge is 2.27. The quantitative estimate of drug-likeness (QED) is 0.558. The summed E-state index contributed by atoms with van der Waals surface area (Å²) in [6, 6.07) is 12.5. The third kappa shape index (κ3) is 4.95. The third-order valence-corrected chi connectivity index (χ3v) is 5.43. The summed E-state index contributed by atoms with van der Waals surface area (Å²) >= 11 is 13.1. The average molecular weight is 452 g/mol. The van der Waals surface area contributed by atoms with Gasteiger partial charge in [0.05, 0.1) is 5.75 Å². The predicted molar refractivity (Wildman–Crippen MR) is 109 cm³/mol. The highest BCUT2D eigenvalue weighted by atomic mass is 35.5. The van der Waals surface area contributed by atoms with Crippen LogP contribution in [0, 0.1) is 0 Å². The molecule has 150 valence electrons. The molecular formula is C19H15Cl2N3O4S. The lowest BCUT2D eigenvalue weighted by molar-refractivity contribution is -0.118. The van der Waals surface area contributed by atoms with Crippen molar-refractivity contribution in [2.75, 3.05) is 12.4 Å². The second kappa shape index (κ2) is 8.94. The second-order valence-corrected chi connectivity index (χ2v) is 7.84. The SMILES string of the molecule is O=C(CSc1nnc([C@H]2COc3ccccc3O2)o1)NCc1ccc(Cl)cc1Cl. The van der Waals surface area contributed by atoms with E-state index >= 15 is 0 Å². The minimum atomic E-state index is -0.493. The number of carbonyl (C=O) groups excluding carboxylic acids is 1. The van der Waals surface area contributed by atoms with Crippen molar-refractivity contribution < 1.29 is 18.7 Å². The summed E-state index contributed by atoms with van der Waals surface area (Å²) in [5.41, 5.74) is 0.782. The summed E-state index contributed by atoms with van der Waals surface area (Å²) in [5.74, 6) is 1.53. The molecule has 0 fully saturated rings. The maximum atomic E-state index is 12.1. The van der Waals surface area contributed by atoms with Crippen LogP contribution in [-0.4, -0.2) is 28.5 Å². The van der Waals surface area contributed by atoms with E-state index in [2.05, 4.69) is 15.5 Å². The van der Waals surface area contributed by atoms with Gasteiger partial charge in [0.15, 0.2) is 11.5 Å². The van der Waals surface area contributed by atoms with Crippen LogP contribution in [0.2, 0.25) is 10.0 Å². The average Bonchev–Trinajstić information content (AvgIpc) is 3.20. The first-order valence-corrected chi connectivity index (χ1v) is 10.4. The number of aromatic nitrogens is 2. The van der Waals surface area contributed by atoms with Gasteiger partial charge in [-0.25, -0.2) is 0 Å². The van der Waals surface area contributed by atoms with E-state index in [0.717, 1.165) is 17.3 Å². The molecule has 1 amide bonds. The van der Waals surface area contributed by atoms with Crippen LogP contribution in [0.5, 0.6) is 11.5 Å². The van der Waals surface area contributed by atoms with Gasteiger partial charge in [-0.2, -0.15) is 0 Å². The molecule has 1 aromatic heterocycles. The minimum absolute atomic E-state index is 0.123. The third-order valence-electron chi connectivity index (χ3n) is 4.02. The number of halogens is 2. The molecule has 2 aromatic carbocycles. The Labute approximate surface area is 180 Å². The molecule has 0 radical (unpaired) electrons. The molecule has 0 aliphatic carbocycles. The van der Waals surface area contributed by atoms with E-state index in [1.165, 1.54) is 0 Å². The normalized spacial score (nSPS) is 15.2. The number of nitrogens with zero attached hydrogens (tertiary/aromatic N) is 2. The number of thioether (sulfide) groups is 1. The summed E-state index contributed by atoms with van der Waals surface area (Å²) < 4.78 is 17.1. The number of hydrogen-bond donors (Lipinski definition) is 1. The van der Waals surface area contributed by atoms with Crippen molar-refractivity contribution in [2.45, 2.75) is 17.9 Å². The number of para-hydroxylation sites is 2. The molecule has 2 heterocycles. The second-order valence-electron chi connectivity index (χ2n) is 6.07. The summed E-state index contributed by atoms with van der Waals surface area (Å²) in [5, 5.41) is 12.1. The van der Waals surface area contributed by atoms with Crippen LogP contribution in [0.15, 0.2) is 52.1 Å². The molecular weight excluding hydrogens is 437 g/mol. The zero-order chi connectivity index (χ0) is 20.2. The number of rotatable bonds is 6. The smallest absolute Gasteiger partial charge is 0.277 e. The van der Waals surface area contributed by atoms with E-state index in [1.54, 1.807) is 18.2 Å². The number of ether oxygens (including phenoxy) is 2. The zero-order valence-corrected chi connectivity index (χ0v) is 17.3. The van der Waals surface area contributed by atoms with Crippen molar-refractivity contribution in [3.63, 3.8) is 0 Å². The summed E-state index contributed by atoms with van der Waals surface area (Å²) in [4.78, 5) is 12.1. The van der Waals surface area contributed by atoms with Crippen molar-refractivity contribution >= 4 is 40.9 Å². The van der Waals surface area contributed by atoms with Gasteiger partial charge in [0, 0.05) is 16.6 Å². The van der Waals surface area contributed by atoms with E-state index in [9.17, 15) is 4.79 Å². The van der Waals surface area contributed by atoms with E-state index in [-0.39, 0.29) is 23.5 Å². The van der Waals surface area contributed by atoms with Gasteiger partial charge in [0.1, 0.15) is 6.61 Å². The van der Waals surface area contributed by atoms with Crippen LogP contribution in [-0.2, 0) is 11.3 Å². The van der Waals surface area contributed by atoms with E-state index in [1.807, 2.05) is 24.3 Å². The number of benzene rings is 2. The number of amides is 1. The molecule has 7 nitrogen and oxygen atoms in total. The van der Waals surface area contributed by atoms with Gasteiger partial charge >= 0.3 is 0 Å². The van der Waals surface area contributed by atoms with Crippen molar-refractivity contribution in [3.8, 4) is 11.5 Å². The highest BCUT2D eigenvalue weighted by molar-refractivity contribution is 7.99. The number of nitrogens with one attached hydrogen (secondary N) is 1. The Balaban J connectivity index is 1.28. The first-order valence-electron chi connectivity index (χ1n) is 8.64. The summed E-state index contributed by atoms with van der Waals surface area (Å²) in [6.45, 7) is 0.572. The topological polar surface area (TPSA) is 86.5 Å². The molecule has 0 saturated carbocycles. The molecule has 0 unspecified atom stereocenters. The molecule has 29 heavy (non-hydrogen) atoms. The molecule has 1 aliphatic rings. The van der Waals surface area contributed by atoms with Crippen molar-refractivity contribution in [3.05, 3.63) is 64.0 Å². The lowest BCUT2D eigenvalue weighted by Crippen LogP contribution is -2.24. The predicted octanol–water partition coefficient (Wildman–Crippen LogP) is 4.30. The molecule has 3 aromatic rings. The Morgan fingerprint density at radius 1 is 1.17 bits per heavy atom. The summed E-state index contributed by atoms with van der Waals surface area (Å²) in [6.07, 6.45) is -0.493.